The van der Waals surface area contributed by atoms with Gasteiger partial charge in [-0.15, -0.1) is 0 Å². The fourth-order valence-corrected chi connectivity index (χ4v) is 3.65. The van der Waals surface area contributed by atoms with Gasteiger partial charge in [-0.2, -0.15) is 0 Å². The van der Waals surface area contributed by atoms with Gasteiger partial charge in [0.1, 0.15) is 5.82 Å². The summed E-state index contributed by atoms with van der Waals surface area (Å²) in [5.74, 6) is 5.66. The van der Waals surface area contributed by atoms with Gasteiger partial charge in [0.25, 0.3) is 5.91 Å². The predicted octanol–water partition coefficient (Wildman–Crippen LogP) is 2.64. The lowest BCUT2D eigenvalue weighted by Gasteiger charge is -2.21. The molecular formula is C21H24N6O. The van der Waals surface area contributed by atoms with Gasteiger partial charge in [-0.05, 0) is 49.4 Å². The number of carbonyl (C=O) groups is 1. The van der Waals surface area contributed by atoms with Gasteiger partial charge in [-0.1, -0.05) is 18.2 Å². The second-order valence-corrected chi connectivity index (χ2v) is 6.90. The molecule has 7 heteroatoms. The maximum absolute atomic E-state index is 12.3. The molecule has 0 fully saturated rings. The number of aryl methyl sites for hydroxylation is 1. The lowest BCUT2D eigenvalue weighted by molar-refractivity contribution is 0.0955. The maximum atomic E-state index is 12.3. The summed E-state index contributed by atoms with van der Waals surface area (Å²) in [6.07, 6.45) is 5.98. The molecule has 4 rings (SSSR count). The molecule has 2 heterocycles. The van der Waals surface area contributed by atoms with E-state index in [0.29, 0.717) is 24.5 Å². The Morgan fingerprint density at radius 3 is 2.75 bits per heavy atom. The Morgan fingerprint density at radius 2 is 1.93 bits per heavy atom. The van der Waals surface area contributed by atoms with Crippen LogP contribution in [-0.4, -0.2) is 29.0 Å². The van der Waals surface area contributed by atoms with E-state index in [9.17, 15) is 4.79 Å². The van der Waals surface area contributed by atoms with E-state index in [1.165, 1.54) is 30.3 Å². The van der Waals surface area contributed by atoms with Gasteiger partial charge in [0, 0.05) is 36.1 Å². The number of hydrogen-bond donors (Lipinski definition) is 4. The van der Waals surface area contributed by atoms with Crippen LogP contribution in [0.3, 0.4) is 0 Å². The smallest absolute Gasteiger partial charge is 0.252 e. The van der Waals surface area contributed by atoms with Crippen LogP contribution in [0.2, 0.25) is 0 Å². The van der Waals surface area contributed by atoms with Crippen molar-refractivity contribution in [1.29, 1.82) is 0 Å². The number of carbonyl (C=O) groups excluding carboxylic acids is 1. The molecular weight excluding hydrogens is 352 g/mol. The quantitative estimate of drug-likeness (QED) is 0.299. The molecule has 0 spiro atoms. The Kier molecular flexibility index (Phi) is 5.34. The SMILES string of the molecule is NNc1ccc(C(=O)NCCNc2c3c(nc4ccccc24)CCCC3)cn1. The van der Waals surface area contributed by atoms with Crippen molar-refractivity contribution < 1.29 is 4.79 Å². The number of benzene rings is 1. The number of nitrogens with one attached hydrogen (secondary N) is 3. The second kappa shape index (κ2) is 8.22. The largest absolute Gasteiger partial charge is 0.382 e. The molecule has 1 aliphatic rings. The van der Waals surface area contributed by atoms with Gasteiger partial charge in [-0.3, -0.25) is 9.78 Å². The number of para-hydroxylation sites is 1. The number of pyridine rings is 2. The highest BCUT2D eigenvalue weighted by atomic mass is 16.1. The molecule has 0 bridgehead atoms. The first-order valence-electron chi connectivity index (χ1n) is 9.61. The summed E-state index contributed by atoms with van der Waals surface area (Å²) in [6.45, 7) is 1.16. The van der Waals surface area contributed by atoms with Gasteiger partial charge >= 0.3 is 0 Å². The van der Waals surface area contributed by atoms with Crippen LogP contribution in [0.15, 0.2) is 42.6 Å². The molecule has 0 atom stereocenters. The van der Waals surface area contributed by atoms with Gasteiger partial charge in [-0.25, -0.2) is 10.8 Å². The molecule has 1 aromatic carbocycles. The van der Waals surface area contributed by atoms with Crippen LogP contribution in [-0.2, 0) is 12.8 Å². The van der Waals surface area contributed by atoms with Crippen molar-refractivity contribution in [3.63, 3.8) is 0 Å². The number of nitrogen functional groups attached to an aromatic ring is 1. The normalized spacial score (nSPS) is 13.0. The van der Waals surface area contributed by atoms with Crippen molar-refractivity contribution in [2.45, 2.75) is 25.7 Å². The molecule has 28 heavy (non-hydrogen) atoms. The van der Waals surface area contributed by atoms with Crippen LogP contribution in [0.4, 0.5) is 11.5 Å². The third-order valence-electron chi connectivity index (χ3n) is 5.06. The summed E-state index contributed by atoms with van der Waals surface area (Å²) in [6, 6.07) is 11.6. The standard InChI is InChI=1S/C21H24N6O/c22-27-19-10-9-14(13-25-19)21(28)24-12-11-23-20-15-5-1-3-7-17(15)26-18-8-4-2-6-16(18)20/h1,3,5,7,9-10,13H,2,4,6,8,11-12,22H2,(H,23,26)(H,24,28)(H,25,27). The summed E-state index contributed by atoms with van der Waals surface area (Å²) < 4.78 is 0. The Morgan fingerprint density at radius 1 is 1.07 bits per heavy atom. The molecule has 5 N–H and O–H groups in total. The predicted molar refractivity (Wildman–Crippen MR) is 111 cm³/mol. The van der Waals surface area contributed by atoms with E-state index >= 15 is 0 Å². The minimum atomic E-state index is -0.153. The highest BCUT2D eigenvalue weighted by molar-refractivity contribution is 5.94. The van der Waals surface area contributed by atoms with E-state index in [-0.39, 0.29) is 5.91 Å². The van der Waals surface area contributed by atoms with E-state index < -0.39 is 0 Å². The molecule has 0 aliphatic heterocycles. The lowest BCUT2D eigenvalue weighted by Crippen LogP contribution is -2.29. The van der Waals surface area contributed by atoms with Crippen molar-refractivity contribution >= 4 is 28.3 Å². The van der Waals surface area contributed by atoms with E-state index in [4.69, 9.17) is 10.8 Å². The first kappa shape index (κ1) is 18.2. The highest BCUT2D eigenvalue weighted by Crippen LogP contribution is 2.32. The van der Waals surface area contributed by atoms with Gasteiger partial charge in [0.15, 0.2) is 0 Å². The van der Waals surface area contributed by atoms with Crippen molar-refractivity contribution in [2.24, 2.45) is 5.84 Å². The molecule has 2 aromatic heterocycles. The number of anilines is 2. The van der Waals surface area contributed by atoms with Gasteiger partial charge < -0.3 is 16.1 Å². The molecule has 7 nitrogen and oxygen atoms in total. The monoisotopic (exact) mass is 376 g/mol. The third kappa shape index (κ3) is 3.75. The van der Waals surface area contributed by atoms with Crippen LogP contribution in [0, 0.1) is 0 Å². The van der Waals surface area contributed by atoms with Crippen LogP contribution >= 0.6 is 0 Å². The average molecular weight is 376 g/mol. The third-order valence-corrected chi connectivity index (χ3v) is 5.06. The van der Waals surface area contributed by atoms with Gasteiger partial charge in [0.05, 0.1) is 11.1 Å². The molecule has 0 unspecified atom stereocenters. The van der Waals surface area contributed by atoms with E-state index in [2.05, 4.69) is 33.2 Å². The lowest BCUT2D eigenvalue weighted by atomic mass is 9.92. The fraction of sp³-hybridized carbons (Fsp3) is 0.286. The highest BCUT2D eigenvalue weighted by Gasteiger charge is 2.17. The summed E-state index contributed by atoms with van der Waals surface area (Å²) >= 11 is 0. The van der Waals surface area contributed by atoms with Crippen LogP contribution in [0.5, 0.6) is 0 Å². The van der Waals surface area contributed by atoms with Crippen molar-refractivity contribution in [2.75, 3.05) is 23.8 Å². The van der Waals surface area contributed by atoms with Crippen LogP contribution in [0.1, 0.15) is 34.5 Å². The fourth-order valence-electron chi connectivity index (χ4n) is 3.65. The number of rotatable bonds is 6. The molecule has 1 amide bonds. The molecule has 0 saturated carbocycles. The first-order valence-corrected chi connectivity index (χ1v) is 9.61. The Labute approximate surface area is 163 Å². The van der Waals surface area contributed by atoms with Crippen LogP contribution in [0.25, 0.3) is 10.9 Å². The van der Waals surface area contributed by atoms with E-state index in [0.717, 1.165) is 29.4 Å². The topological polar surface area (TPSA) is 105 Å². The molecule has 1 aliphatic carbocycles. The Balaban J connectivity index is 1.43. The minimum Gasteiger partial charge on any atom is -0.382 e. The minimum absolute atomic E-state index is 0.153. The molecule has 144 valence electrons. The zero-order valence-corrected chi connectivity index (χ0v) is 15.7. The van der Waals surface area contributed by atoms with Crippen molar-refractivity contribution in [3.05, 3.63) is 59.4 Å². The van der Waals surface area contributed by atoms with E-state index in [1.807, 2.05) is 12.1 Å². The number of nitrogens with zero attached hydrogens (tertiary/aromatic N) is 2. The summed E-state index contributed by atoms with van der Waals surface area (Å²) in [4.78, 5) is 21.2. The number of aromatic nitrogens is 2. The average Bonchev–Trinajstić information content (AvgIpc) is 2.75. The summed E-state index contributed by atoms with van der Waals surface area (Å²) in [7, 11) is 0. The number of hydrogen-bond acceptors (Lipinski definition) is 6. The van der Waals surface area contributed by atoms with Crippen LogP contribution < -0.4 is 21.9 Å². The molecule has 0 radical (unpaired) electrons. The number of nitrogens with two attached hydrogens (primary N) is 1. The summed E-state index contributed by atoms with van der Waals surface area (Å²) in [5.41, 5.74) is 7.66. The molecule has 0 saturated heterocycles. The number of fused-ring (bicyclic) bond motifs is 2. The number of amides is 1. The number of hydrazine groups is 1. The Hall–Kier alpha value is -3.19. The summed E-state index contributed by atoms with van der Waals surface area (Å²) in [5, 5.41) is 7.61. The maximum Gasteiger partial charge on any atom is 0.252 e. The zero-order valence-electron chi connectivity index (χ0n) is 15.7. The molecule has 3 aromatic rings. The van der Waals surface area contributed by atoms with E-state index in [1.54, 1.807) is 12.1 Å². The van der Waals surface area contributed by atoms with Gasteiger partial charge in [0.2, 0.25) is 0 Å². The zero-order chi connectivity index (χ0) is 19.3. The first-order chi connectivity index (χ1) is 13.8. The van der Waals surface area contributed by atoms with Crippen molar-refractivity contribution in [1.82, 2.24) is 15.3 Å². The second-order valence-electron chi connectivity index (χ2n) is 6.90. The Bertz CT molecular complexity index is 986. The van der Waals surface area contributed by atoms with Crippen molar-refractivity contribution in [3.8, 4) is 0 Å².